The minimum absolute atomic E-state index is 0.361. The lowest BCUT2D eigenvalue weighted by atomic mass is 11.3. The topological polar surface area (TPSA) is 74.9 Å². The summed E-state index contributed by atoms with van der Waals surface area (Å²) < 4.78 is 11.1. The normalized spacial score (nSPS) is 13.6. The zero-order valence-electron chi connectivity index (χ0n) is 4.70. The van der Waals surface area contributed by atoms with Crippen LogP contribution in [-0.4, -0.2) is 21.0 Å². The van der Waals surface area contributed by atoms with E-state index in [2.05, 4.69) is 10.2 Å². The molecule has 0 aliphatic rings. The van der Waals surface area contributed by atoms with Crippen LogP contribution in [0.3, 0.4) is 0 Å². The molecule has 0 aliphatic heterocycles. The van der Waals surface area contributed by atoms with Crippen LogP contribution in [0.15, 0.2) is 4.34 Å². The number of anilines is 1. The fourth-order valence-corrected chi connectivity index (χ4v) is 1.56. The van der Waals surface area contributed by atoms with Crippen LogP contribution >= 0.6 is 11.3 Å². The molecule has 0 amide bonds. The first-order chi connectivity index (χ1) is 4.20. The van der Waals surface area contributed by atoms with Crippen molar-refractivity contribution in [3.63, 3.8) is 0 Å². The van der Waals surface area contributed by atoms with Gasteiger partial charge in [0.25, 0.3) is 0 Å². The summed E-state index contributed by atoms with van der Waals surface area (Å²) in [6.07, 6.45) is 1.54. The van der Waals surface area contributed by atoms with E-state index in [4.69, 9.17) is 5.73 Å². The Labute approximate surface area is 59.3 Å². The summed E-state index contributed by atoms with van der Waals surface area (Å²) in [7, 11) is 0. The maximum Gasteiger partial charge on any atom is 0.323 e. The van der Waals surface area contributed by atoms with E-state index >= 15 is 0 Å². The molecular formula is C3H5N3OS2. The second kappa shape index (κ2) is 2.51. The lowest BCUT2D eigenvalue weighted by Crippen LogP contribution is -1.95. The van der Waals surface area contributed by atoms with Crippen LogP contribution in [0.25, 0.3) is 0 Å². The molecule has 1 rings (SSSR count). The van der Waals surface area contributed by atoms with Gasteiger partial charge in [0.15, 0.2) is 0 Å². The number of nitrogen functional groups attached to an aromatic ring is 1. The van der Waals surface area contributed by atoms with E-state index in [9.17, 15) is 4.55 Å². The van der Waals surface area contributed by atoms with Gasteiger partial charge in [0.1, 0.15) is 6.26 Å². The third kappa shape index (κ3) is 1.54. The van der Waals surface area contributed by atoms with Crippen molar-refractivity contribution in [2.75, 3.05) is 12.0 Å². The highest BCUT2D eigenvalue weighted by atomic mass is 32.2. The quantitative estimate of drug-likeness (QED) is 0.584. The summed E-state index contributed by atoms with van der Waals surface area (Å²) in [6, 6.07) is 0. The van der Waals surface area contributed by atoms with Gasteiger partial charge in [0.05, 0.1) is 0 Å². The molecular weight excluding hydrogens is 158 g/mol. The van der Waals surface area contributed by atoms with Gasteiger partial charge in [0.2, 0.25) is 5.13 Å². The van der Waals surface area contributed by atoms with Crippen molar-refractivity contribution >= 4 is 27.6 Å². The van der Waals surface area contributed by atoms with Crippen LogP contribution < -0.4 is 5.73 Å². The van der Waals surface area contributed by atoms with Crippen molar-refractivity contribution in [3.05, 3.63) is 0 Å². The molecule has 1 heterocycles. The Kier molecular flexibility index (Phi) is 1.89. The number of rotatable bonds is 1. The molecule has 0 aliphatic carbocycles. The first-order valence-corrected chi connectivity index (χ1v) is 4.50. The minimum Gasteiger partial charge on any atom is -0.610 e. The van der Waals surface area contributed by atoms with E-state index in [1.807, 2.05) is 0 Å². The molecule has 50 valence electrons. The maximum atomic E-state index is 10.6. The van der Waals surface area contributed by atoms with Gasteiger partial charge in [-0.15, -0.1) is 5.10 Å². The van der Waals surface area contributed by atoms with Crippen LogP contribution in [0.1, 0.15) is 0 Å². The van der Waals surface area contributed by atoms with Gasteiger partial charge in [-0.3, -0.25) is 0 Å². The molecule has 0 saturated heterocycles. The Morgan fingerprint density at radius 1 is 1.67 bits per heavy atom. The van der Waals surface area contributed by atoms with E-state index in [0.717, 1.165) is 11.3 Å². The van der Waals surface area contributed by atoms with E-state index in [0.29, 0.717) is 9.47 Å². The number of nitrogens with two attached hydrogens (primary N) is 1. The zero-order chi connectivity index (χ0) is 6.85. The predicted molar refractivity (Wildman–Crippen MR) is 36.7 cm³/mol. The standard InChI is InChI=1S/C3H5N3OS2/c1-9(7)3-6-5-2(4)8-3/h1H3,(H2,4,5). The maximum absolute atomic E-state index is 10.6. The van der Waals surface area contributed by atoms with E-state index in [1.54, 1.807) is 6.26 Å². The van der Waals surface area contributed by atoms with Gasteiger partial charge in [-0.2, -0.15) is 0 Å². The lowest BCUT2D eigenvalue weighted by molar-refractivity contribution is 0.599. The van der Waals surface area contributed by atoms with Crippen molar-refractivity contribution in [1.29, 1.82) is 0 Å². The van der Waals surface area contributed by atoms with Gasteiger partial charge in [0, 0.05) is 11.2 Å². The summed E-state index contributed by atoms with van der Waals surface area (Å²) in [5.41, 5.74) is 5.23. The van der Waals surface area contributed by atoms with Crippen molar-refractivity contribution in [3.8, 4) is 0 Å². The fourth-order valence-electron chi connectivity index (χ4n) is 0.337. The number of aromatic nitrogens is 2. The van der Waals surface area contributed by atoms with E-state index in [1.165, 1.54) is 0 Å². The number of hydrogen-bond donors (Lipinski definition) is 1. The highest BCUT2D eigenvalue weighted by molar-refractivity contribution is 7.92. The molecule has 0 aromatic carbocycles. The van der Waals surface area contributed by atoms with Gasteiger partial charge in [-0.25, -0.2) is 0 Å². The van der Waals surface area contributed by atoms with Crippen molar-refractivity contribution in [2.45, 2.75) is 4.34 Å². The van der Waals surface area contributed by atoms with Crippen LogP contribution in [0, 0.1) is 0 Å². The molecule has 1 aromatic rings. The molecule has 0 bridgehead atoms. The average molecular weight is 163 g/mol. The summed E-state index contributed by atoms with van der Waals surface area (Å²) in [5, 5.41) is 7.41. The van der Waals surface area contributed by atoms with E-state index in [-0.39, 0.29) is 0 Å². The summed E-state index contributed by atoms with van der Waals surface area (Å²) in [6.45, 7) is 0. The molecule has 0 spiro atoms. The van der Waals surface area contributed by atoms with Crippen LogP contribution in [0.2, 0.25) is 0 Å². The van der Waals surface area contributed by atoms with Crippen LogP contribution in [-0.2, 0) is 11.2 Å². The van der Waals surface area contributed by atoms with Crippen LogP contribution in [0.5, 0.6) is 0 Å². The highest BCUT2D eigenvalue weighted by Crippen LogP contribution is 2.15. The third-order valence-electron chi connectivity index (χ3n) is 0.668. The molecule has 1 unspecified atom stereocenters. The van der Waals surface area contributed by atoms with Crippen molar-refractivity contribution in [1.82, 2.24) is 10.2 Å². The first-order valence-electron chi connectivity index (χ1n) is 2.12. The Bertz CT molecular complexity index is 199. The van der Waals surface area contributed by atoms with Gasteiger partial charge < -0.3 is 10.3 Å². The van der Waals surface area contributed by atoms with Gasteiger partial charge >= 0.3 is 4.34 Å². The predicted octanol–water partition coefficient (Wildman–Crippen LogP) is -0.142. The van der Waals surface area contributed by atoms with Gasteiger partial charge in [-0.1, -0.05) is 5.10 Å². The van der Waals surface area contributed by atoms with E-state index < -0.39 is 11.2 Å². The average Bonchev–Trinajstić information content (AvgIpc) is 2.14. The minimum atomic E-state index is -1.04. The second-order valence-corrected chi connectivity index (χ2v) is 3.92. The molecule has 0 saturated carbocycles. The monoisotopic (exact) mass is 163 g/mol. The number of nitrogens with zero attached hydrogens (tertiary/aromatic N) is 2. The van der Waals surface area contributed by atoms with Gasteiger partial charge in [-0.05, 0) is 11.3 Å². The Morgan fingerprint density at radius 3 is 2.56 bits per heavy atom. The molecule has 6 heteroatoms. The fraction of sp³-hybridized carbons (Fsp3) is 0.333. The molecule has 9 heavy (non-hydrogen) atoms. The Hall–Kier alpha value is -0.330. The second-order valence-electron chi connectivity index (χ2n) is 1.36. The largest absolute Gasteiger partial charge is 0.610 e. The molecule has 0 fully saturated rings. The summed E-state index contributed by atoms with van der Waals surface area (Å²) in [4.78, 5) is 0. The SMILES string of the molecule is C[S+]([O-])c1nnc(N)s1. The Morgan fingerprint density at radius 2 is 2.33 bits per heavy atom. The van der Waals surface area contributed by atoms with Crippen molar-refractivity contribution < 1.29 is 4.55 Å². The number of hydrogen-bond acceptors (Lipinski definition) is 5. The third-order valence-corrected chi connectivity index (χ3v) is 2.74. The molecule has 0 radical (unpaired) electrons. The molecule has 1 aromatic heterocycles. The highest BCUT2D eigenvalue weighted by Gasteiger charge is 2.09. The van der Waals surface area contributed by atoms with Crippen LogP contribution in [0.4, 0.5) is 5.13 Å². The summed E-state index contributed by atoms with van der Waals surface area (Å²) in [5.74, 6) is 0. The molecule has 1 atom stereocenters. The lowest BCUT2D eigenvalue weighted by Gasteiger charge is -1.93. The zero-order valence-corrected chi connectivity index (χ0v) is 6.33. The van der Waals surface area contributed by atoms with Crippen molar-refractivity contribution in [2.24, 2.45) is 0 Å². The molecule has 4 nitrogen and oxygen atoms in total. The smallest absolute Gasteiger partial charge is 0.323 e. The first kappa shape index (κ1) is 6.79. The Balaban J connectivity index is 2.85. The molecule has 2 N–H and O–H groups in total. The summed E-state index contributed by atoms with van der Waals surface area (Å²) >= 11 is 0.108.